The fourth-order valence-corrected chi connectivity index (χ4v) is 2.15. The maximum absolute atomic E-state index is 12.0. The largest absolute Gasteiger partial charge is 0.394 e. The first-order valence-electron chi connectivity index (χ1n) is 9.10. The smallest absolute Gasteiger partial charge is 0.245 e. The van der Waals surface area contributed by atoms with Crippen LogP contribution < -0.4 is 10.6 Å². The van der Waals surface area contributed by atoms with E-state index in [1.165, 1.54) is 13.8 Å². The number of carbonyl (C=O) groups excluding carboxylic acids is 3. The lowest BCUT2D eigenvalue weighted by Gasteiger charge is -2.29. The number of aliphatic hydroxyl groups excluding tert-OH is 4. The van der Waals surface area contributed by atoms with Gasteiger partial charge in [-0.2, -0.15) is 0 Å². The van der Waals surface area contributed by atoms with Gasteiger partial charge in [-0.15, -0.1) is 0 Å². The number of amides is 2. The molecule has 11 nitrogen and oxygen atoms in total. The number of carbonyl (C=O) groups is 3. The Balaban J connectivity index is 4.78. The van der Waals surface area contributed by atoms with Gasteiger partial charge in [-0.1, -0.05) is 0 Å². The molecule has 0 aliphatic rings. The summed E-state index contributed by atoms with van der Waals surface area (Å²) in [4.78, 5) is 33.3. The predicted octanol–water partition coefficient (Wildman–Crippen LogP) is -2.57. The molecule has 0 aromatic rings. The number of aliphatic hydroxyl groups is 4. The van der Waals surface area contributed by atoms with Gasteiger partial charge in [-0.25, -0.2) is 0 Å². The van der Waals surface area contributed by atoms with Crippen LogP contribution in [0.2, 0.25) is 0 Å². The predicted molar refractivity (Wildman–Crippen MR) is 97.0 cm³/mol. The average Bonchev–Trinajstić information content (AvgIpc) is 2.66. The van der Waals surface area contributed by atoms with Crippen LogP contribution in [0, 0.1) is 0 Å². The third-order valence-electron chi connectivity index (χ3n) is 3.67. The molecule has 0 fully saturated rings. The molecule has 164 valence electrons. The lowest BCUT2D eigenvalue weighted by atomic mass is 10.2. The van der Waals surface area contributed by atoms with Crippen molar-refractivity contribution in [1.29, 1.82) is 0 Å². The van der Waals surface area contributed by atoms with Gasteiger partial charge in [0.15, 0.2) is 6.29 Å². The highest BCUT2D eigenvalue weighted by Crippen LogP contribution is 2.10. The number of hydrogen-bond donors (Lipinski definition) is 6. The van der Waals surface area contributed by atoms with E-state index in [0.29, 0.717) is 19.3 Å². The second kappa shape index (κ2) is 15.3. The third kappa shape index (κ3) is 11.3. The number of rotatable bonds is 16. The van der Waals surface area contributed by atoms with Crippen LogP contribution in [0.15, 0.2) is 0 Å². The molecule has 0 aliphatic heterocycles. The van der Waals surface area contributed by atoms with Crippen LogP contribution in [-0.2, 0) is 23.9 Å². The lowest BCUT2D eigenvalue weighted by molar-refractivity contribution is -0.229. The second-order valence-corrected chi connectivity index (χ2v) is 6.25. The Hall–Kier alpha value is -1.63. The SMILES string of the molecule is CC(=O)NC(CO)C(=O)NCC(O[C@@H](OCCCCC=O)[C@H](C)O)[C@H](O)CO. The number of unbranched alkanes of at least 4 members (excludes halogenated alkanes) is 2. The molecule has 0 aromatic carbocycles. The highest BCUT2D eigenvalue weighted by molar-refractivity contribution is 5.86. The van der Waals surface area contributed by atoms with Crippen LogP contribution in [0.5, 0.6) is 0 Å². The number of hydrogen-bond acceptors (Lipinski definition) is 9. The molecule has 0 bridgehead atoms. The first-order valence-corrected chi connectivity index (χ1v) is 9.10. The van der Waals surface area contributed by atoms with Crippen molar-refractivity contribution in [2.24, 2.45) is 0 Å². The fraction of sp³-hybridized carbons (Fsp3) is 0.824. The van der Waals surface area contributed by atoms with Crippen molar-refractivity contribution < 1.29 is 44.3 Å². The molecule has 28 heavy (non-hydrogen) atoms. The van der Waals surface area contributed by atoms with E-state index in [0.717, 1.165) is 6.29 Å². The Morgan fingerprint density at radius 1 is 1.14 bits per heavy atom. The first-order chi connectivity index (χ1) is 13.3. The van der Waals surface area contributed by atoms with E-state index in [1.807, 2.05) is 0 Å². The van der Waals surface area contributed by atoms with Gasteiger partial charge in [0.05, 0.1) is 13.2 Å². The van der Waals surface area contributed by atoms with Crippen molar-refractivity contribution in [3.8, 4) is 0 Å². The van der Waals surface area contributed by atoms with Crippen molar-refractivity contribution >= 4 is 18.1 Å². The number of ether oxygens (including phenoxy) is 2. The maximum atomic E-state index is 12.0. The second-order valence-electron chi connectivity index (χ2n) is 6.25. The Bertz CT molecular complexity index is 462. The molecule has 11 heteroatoms. The molecule has 0 heterocycles. The van der Waals surface area contributed by atoms with Gasteiger partial charge in [0.25, 0.3) is 0 Å². The van der Waals surface area contributed by atoms with E-state index in [2.05, 4.69) is 10.6 Å². The summed E-state index contributed by atoms with van der Waals surface area (Å²) in [6.07, 6.45) is -2.36. The molecule has 0 aromatic heterocycles. The molecule has 0 spiro atoms. The molecule has 0 rings (SSSR count). The zero-order valence-corrected chi connectivity index (χ0v) is 16.2. The maximum Gasteiger partial charge on any atom is 0.245 e. The molecular weight excluding hydrogens is 376 g/mol. The van der Waals surface area contributed by atoms with Crippen LogP contribution in [0.3, 0.4) is 0 Å². The zero-order chi connectivity index (χ0) is 21.5. The van der Waals surface area contributed by atoms with Gasteiger partial charge >= 0.3 is 0 Å². The van der Waals surface area contributed by atoms with Crippen molar-refractivity contribution in [2.45, 2.75) is 63.8 Å². The molecule has 0 radical (unpaired) electrons. The molecule has 0 saturated heterocycles. The Labute approximate surface area is 164 Å². The van der Waals surface area contributed by atoms with Crippen LogP contribution in [-0.4, -0.2) is 95.5 Å². The summed E-state index contributed by atoms with van der Waals surface area (Å²) in [6.45, 7) is 1.25. The van der Waals surface area contributed by atoms with E-state index >= 15 is 0 Å². The van der Waals surface area contributed by atoms with Gasteiger partial charge in [-0.05, 0) is 19.8 Å². The van der Waals surface area contributed by atoms with Crippen molar-refractivity contribution in [3.05, 3.63) is 0 Å². The minimum absolute atomic E-state index is 0.201. The summed E-state index contributed by atoms with van der Waals surface area (Å²) in [5.74, 6) is -1.21. The Morgan fingerprint density at radius 3 is 2.32 bits per heavy atom. The van der Waals surface area contributed by atoms with Crippen LogP contribution in [0.1, 0.15) is 33.1 Å². The van der Waals surface area contributed by atoms with E-state index in [-0.39, 0.29) is 13.2 Å². The Kier molecular flexibility index (Phi) is 14.4. The summed E-state index contributed by atoms with van der Waals surface area (Å²) >= 11 is 0. The summed E-state index contributed by atoms with van der Waals surface area (Å²) in [5.41, 5.74) is 0. The Morgan fingerprint density at radius 2 is 1.82 bits per heavy atom. The average molecular weight is 408 g/mol. The topological polar surface area (TPSA) is 175 Å². The third-order valence-corrected chi connectivity index (χ3v) is 3.67. The lowest BCUT2D eigenvalue weighted by Crippen LogP contribution is -2.52. The summed E-state index contributed by atoms with van der Waals surface area (Å²) in [5, 5.41) is 42.7. The van der Waals surface area contributed by atoms with Gasteiger partial charge in [0.2, 0.25) is 11.8 Å². The highest BCUT2D eigenvalue weighted by Gasteiger charge is 2.28. The molecule has 0 aliphatic carbocycles. The summed E-state index contributed by atoms with van der Waals surface area (Å²) in [7, 11) is 0. The normalized spacial score (nSPS) is 16.5. The first kappa shape index (κ1) is 26.4. The zero-order valence-electron chi connectivity index (χ0n) is 16.2. The molecular formula is C17H32N2O9. The minimum Gasteiger partial charge on any atom is -0.394 e. The quantitative estimate of drug-likeness (QED) is 0.0911. The van der Waals surface area contributed by atoms with Crippen LogP contribution >= 0.6 is 0 Å². The highest BCUT2D eigenvalue weighted by atomic mass is 16.7. The van der Waals surface area contributed by atoms with Gasteiger partial charge in [-0.3, -0.25) is 9.59 Å². The molecule has 2 unspecified atom stereocenters. The molecule has 2 amide bonds. The van der Waals surface area contributed by atoms with Crippen molar-refractivity contribution in [2.75, 3.05) is 26.4 Å². The molecule has 0 saturated carbocycles. The van der Waals surface area contributed by atoms with Gasteiger partial charge in [0, 0.05) is 26.5 Å². The van der Waals surface area contributed by atoms with Gasteiger partial charge < -0.3 is 45.3 Å². The molecule has 5 atom stereocenters. The van der Waals surface area contributed by atoms with E-state index < -0.39 is 55.7 Å². The standard InChI is InChI=1S/C17H32N2O9/c1-11(23)17(27-7-5-3-4-6-20)28-15(14(25)10-22)8-18-16(26)13(9-21)19-12(2)24/h6,11,13-15,17,21-23,25H,3-5,7-10H2,1-2H3,(H,18,26)(H,19,24)/t11-,13?,14+,15?,17+/m0/s1. The molecule has 6 N–H and O–H groups in total. The van der Waals surface area contributed by atoms with E-state index in [1.54, 1.807) is 0 Å². The summed E-state index contributed by atoms with van der Waals surface area (Å²) < 4.78 is 10.9. The van der Waals surface area contributed by atoms with Crippen molar-refractivity contribution in [3.63, 3.8) is 0 Å². The van der Waals surface area contributed by atoms with E-state index in [9.17, 15) is 34.8 Å². The fourth-order valence-electron chi connectivity index (χ4n) is 2.15. The number of aldehydes is 1. The summed E-state index contributed by atoms with van der Waals surface area (Å²) in [6, 6.07) is -1.17. The van der Waals surface area contributed by atoms with Gasteiger partial charge in [0.1, 0.15) is 30.6 Å². The monoisotopic (exact) mass is 408 g/mol. The van der Waals surface area contributed by atoms with E-state index in [4.69, 9.17) is 9.47 Å². The van der Waals surface area contributed by atoms with Crippen LogP contribution in [0.25, 0.3) is 0 Å². The minimum atomic E-state index is -1.38. The van der Waals surface area contributed by atoms with Crippen LogP contribution in [0.4, 0.5) is 0 Å². The number of nitrogens with one attached hydrogen (secondary N) is 2. The van der Waals surface area contributed by atoms with Crippen molar-refractivity contribution in [1.82, 2.24) is 10.6 Å².